The van der Waals surface area contributed by atoms with Gasteiger partial charge in [0.25, 0.3) is 5.91 Å². The maximum Gasteiger partial charge on any atom is 0.253 e. The van der Waals surface area contributed by atoms with Gasteiger partial charge < -0.3 is 10.6 Å². The number of carbonyl (C=O) groups excluding carboxylic acids is 1. The lowest BCUT2D eigenvalue weighted by atomic mass is 10.2. The van der Waals surface area contributed by atoms with E-state index in [1.54, 1.807) is 6.20 Å². The number of carbonyl (C=O) groups is 1. The molecular formula is C18H21N3O. The van der Waals surface area contributed by atoms with E-state index in [1.807, 2.05) is 24.3 Å². The normalized spacial score (nSPS) is 14.8. The third-order valence-corrected chi connectivity index (χ3v) is 4.01. The molecule has 114 valence electrons. The summed E-state index contributed by atoms with van der Waals surface area (Å²) in [6, 6.07) is 12.1. The van der Waals surface area contributed by atoms with Crippen molar-refractivity contribution in [3.05, 3.63) is 53.7 Å². The summed E-state index contributed by atoms with van der Waals surface area (Å²) < 4.78 is 0. The SMILES string of the molecule is Cc1cccc(Nc2ccc(C(=O)NC3CCCC3)cn2)c1. The zero-order valence-corrected chi connectivity index (χ0v) is 12.8. The van der Waals surface area contributed by atoms with E-state index in [-0.39, 0.29) is 5.91 Å². The van der Waals surface area contributed by atoms with Crippen LogP contribution in [0.25, 0.3) is 0 Å². The number of hydrogen-bond donors (Lipinski definition) is 2. The summed E-state index contributed by atoms with van der Waals surface area (Å²) in [6.45, 7) is 2.05. The summed E-state index contributed by atoms with van der Waals surface area (Å²) >= 11 is 0. The highest BCUT2D eigenvalue weighted by atomic mass is 16.1. The van der Waals surface area contributed by atoms with E-state index in [2.05, 4.69) is 34.7 Å². The number of rotatable bonds is 4. The third-order valence-electron chi connectivity index (χ3n) is 4.01. The molecule has 0 bridgehead atoms. The van der Waals surface area contributed by atoms with E-state index in [0.29, 0.717) is 11.6 Å². The zero-order valence-electron chi connectivity index (χ0n) is 12.8. The Morgan fingerprint density at radius 2 is 2.00 bits per heavy atom. The largest absolute Gasteiger partial charge is 0.349 e. The predicted molar refractivity (Wildman–Crippen MR) is 88.4 cm³/mol. The molecule has 1 aliphatic carbocycles. The summed E-state index contributed by atoms with van der Waals surface area (Å²) in [6.07, 6.45) is 6.23. The minimum absolute atomic E-state index is 0.0264. The predicted octanol–water partition coefficient (Wildman–Crippen LogP) is 3.81. The van der Waals surface area contributed by atoms with Crippen LogP contribution < -0.4 is 10.6 Å². The number of nitrogens with one attached hydrogen (secondary N) is 2. The molecule has 4 heteroatoms. The van der Waals surface area contributed by atoms with Crippen LogP contribution in [0, 0.1) is 6.92 Å². The zero-order chi connectivity index (χ0) is 15.4. The Labute approximate surface area is 131 Å². The molecule has 4 nitrogen and oxygen atoms in total. The second-order valence-electron chi connectivity index (χ2n) is 5.88. The van der Waals surface area contributed by atoms with Gasteiger partial charge in [-0.05, 0) is 49.6 Å². The van der Waals surface area contributed by atoms with Crippen LogP contribution in [-0.4, -0.2) is 16.9 Å². The van der Waals surface area contributed by atoms with Gasteiger partial charge in [0, 0.05) is 17.9 Å². The monoisotopic (exact) mass is 295 g/mol. The average Bonchev–Trinajstić information content (AvgIpc) is 3.01. The number of nitrogens with zero attached hydrogens (tertiary/aromatic N) is 1. The van der Waals surface area contributed by atoms with Crippen molar-refractivity contribution in [2.24, 2.45) is 0 Å². The smallest absolute Gasteiger partial charge is 0.253 e. The fraction of sp³-hybridized carbons (Fsp3) is 0.333. The van der Waals surface area contributed by atoms with Gasteiger partial charge in [-0.15, -0.1) is 0 Å². The first-order chi connectivity index (χ1) is 10.7. The van der Waals surface area contributed by atoms with Gasteiger partial charge in [-0.25, -0.2) is 4.98 Å². The molecule has 2 aromatic rings. The first-order valence-electron chi connectivity index (χ1n) is 7.81. The van der Waals surface area contributed by atoms with E-state index in [0.717, 1.165) is 24.3 Å². The number of aromatic nitrogens is 1. The standard InChI is InChI=1S/C18H21N3O/c1-13-5-4-8-16(11-13)20-17-10-9-14(12-19-17)18(22)21-15-6-2-3-7-15/h4-5,8-12,15H,2-3,6-7H2,1H3,(H,19,20)(H,21,22). The fourth-order valence-corrected chi connectivity index (χ4v) is 2.81. The van der Waals surface area contributed by atoms with Crippen LogP contribution in [0.1, 0.15) is 41.6 Å². The van der Waals surface area contributed by atoms with Crippen LogP contribution in [0.5, 0.6) is 0 Å². The van der Waals surface area contributed by atoms with Gasteiger partial charge in [-0.1, -0.05) is 25.0 Å². The van der Waals surface area contributed by atoms with Crippen molar-refractivity contribution in [1.29, 1.82) is 0 Å². The minimum Gasteiger partial charge on any atom is -0.349 e. The molecule has 1 aromatic carbocycles. The van der Waals surface area contributed by atoms with Crippen molar-refractivity contribution < 1.29 is 4.79 Å². The number of aryl methyl sites for hydroxylation is 1. The van der Waals surface area contributed by atoms with Crippen LogP contribution >= 0.6 is 0 Å². The van der Waals surface area contributed by atoms with Crippen LogP contribution in [0.2, 0.25) is 0 Å². The maximum atomic E-state index is 12.1. The highest BCUT2D eigenvalue weighted by Crippen LogP contribution is 2.19. The number of pyridine rings is 1. The van der Waals surface area contributed by atoms with E-state index < -0.39 is 0 Å². The molecule has 1 fully saturated rings. The van der Waals surface area contributed by atoms with Crippen LogP contribution in [0.3, 0.4) is 0 Å². The summed E-state index contributed by atoms with van der Waals surface area (Å²) in [5.41, 5.74) is 2.80. The Bertz CT molecular complexity index is 646. The molecule has 3 rings (SSSR count). The molecule has 1 aromatic heterocycles. The second-order valence-corrected chi connectivity index (χ2v) is 5.88. The van der Waals surface area contributed by atoms with Crippen LogP contribution in [0.4, 0.5) is 11.5 Å². The highest BCUT2D eigenvalue weighted by Gasteiger charge is 2.17. The van der Waals surface area contributed by atoms with E-state index in [9.17, 15) is 4.79 Å². The summed E-state index contributed by atoms with van der Waals surface area (Å²) in [7, 11) is 0. The van der Waals surface area contributed by atoms with Gasteiger partial charge in [-0.2, -0.15) is 0 Å². The summed E-state index contributed by atoms with van der Waals surface area (Å²) in [5.74, 6) is 0.713. The van der Waals surface area contributed by atoms with Crippen molar-refractivity contribution >= 4 is 17.4 Å². The second kappa shape index (κ2) is 6.60. The Balaban J connectivity index is 1.63. The summed E-state index contributed by atoms with van der Waals surface area (Å²) in [4.78, 5) is 16.5. The molecule has 0 radical (unpaired) electrons. The van der Waals surface area contributed by atoms with Gasteiger partial charge in [-0.3, -0.25) is 4.79 Å². The molecule has 2 N–H and O–H groups in total. The van der Waals surface area contributed by atoms with Gasteiger partial charge in [0.1, 0.15) is 5.82 Å². The first-order valence-corrected chi connectivity index (χ1v) is 7.81. The number of benzene rings is 1. The lowest BCUT2D eigenvalue weighted by Crippen LogP contribution is -2.32. The number of anilines is 2. The topological polar surface area (TPSA) is 54.0 Å². The molecular weight excluding hydrogens is 274 g/mol. The summed E-state index contributed by atoms with van der Waals surface area (Å²) in [5, 5.41) is 6.31. The maximum absolute atomic E-state index is 12.1. The molecule has 0 unspecified atom stereocenters. The molecule has 0 saturated heterocycles. The van der Waals surface area contributed by atoms with E-state index >= 15 is 0 Å². The van der Waals surface area contributed by atoms with E-state index in [4.69, 9.17) is 0 Å². The fourth-order valence-electron chi connectivity index (χ4n) is 2.81. The van der Waals surface area contributed by atoms with Gasteiger partial charge in [0.2, 0.25) is 0 Å². The van der Waals surface area contributed by atoms with E-state index in [1.165, 1.54) is 18.4 Å². The van der Waals surface area contributed by atoms with Crippen molar-refractivity contribution in [3.63, 3.8) is 0 Å². The Kier molecular flexibility index (Phi) is 4.37. The highest BCUT2D eigenvalue weighted by molar-refractivity contribution is 5.94. The van der Waals surface area contributed by atoms with Crippen molar-refractivity contribution in [1.82, 2.24) is 10.3 Å². The van der Waals surface area contributed by atoms with Crippen molar-refractivity contribution in [2.45, 2.75) is 38.6 Å². The number of hydrogen-bond acceptors (Lipinski definition) is 3. The molecule has 22 heavy (non-hydrogen) atoms. The van der Waals surface area contributed by atoms with Crippen LogP contribution in [-0.2, 0) is 0 Å². The van der Waals surface area contributed by atoms with Crippen molar-refractivity contribution in [2.75, 3.05) is 5.32 Å². The van der Waals surface area contributed by atoms with Crippen molar-refractivity contribution in [3.8, 4) is 0 Å². The lowest BCUT2D eigenvalue weighted by Gasteiger charge is -2.12. The lowest BCUT2D eigenvalue weighted by molar-refractivity contribution is 0.0937. The third kappa shape index (κ3) is 3.64. The molecule has 0 atom stereocenters. The Morgan fingerprint density at radius 1 is 1.18 bits per heavy atom. The average molecular weight is 295 g/mol. The minimum atomic E-state index is -0.0264. The Hall–Kier alpha value is -2.36. The molecule has 0 aliphatic heterocycles. The van der Waals surface area contributed by atoms with Gasteiger partial charge in [0.05, 0.1) is 5.56 Å². The molecule has 1 heterocycles. The van der Waals surface area contributed by atoms with Gasteiger partial charge >= 0.3 is 0 Å². The Morgan fingerprint density at radius 3 is 2.68 bits per heavy atom. The number of amides is 1. The quantitative estimate of drug-likeness (QED) is 0.902. The molecule has 1 amide bonds. The first kappa shape index (κ1) is 14.6. The molecule has 0 spiro atoms. The molecule has 1 aliphatic rings. The van der Waals surface area contributed by atoms with Crippen LogP contribution in [0.15, 0.2) is 42.6 Å². The van der Waals surface area contributed by atoms with Gasteiger partial charge in [0.15, 0.2) is 0 Å². The molecule has 1 saturated carbocycles.